The number of hydrogen-bond acceptors (Lipinski definition) is 4. The van der Waals surface area contributed by atoms with E-state index in [0.29, 0.717) is 44.6 Å². The SMILES string of the molecule is CN(CCn1cnc2ccccc21)C(=O)C1CCN(C(=O)c2ccncc2)CC1. The number of amides is 2. The quantitative estimate of drug-likeness (QED) is 0.670. The highest BCUT2D eigenvalue weighted by Gasteiger charge is 2.29. The molecule has 0 aliphatic carbocycles. The molecular weight excluding hydrogens is 366 g/mol. The highest BCUT2D eigenvalue weighted by atomic mass is 16.2. The molecule has 7 heteroatoms. The molecule has 0 N–H and O–H groups in total. The first-order chi connectivity index (χ1) is 14.1. The van der Waals surface area contributed by atoms with Crippen LogP contribution in [0.4, 0.5) is 0 Å². The van der Waals surface area contributed by atoms with Crippen LogP contribution in [0.3, 0.4) is 0 Å². The van der Waals surface area contributed by atoms with E-state index >= 15 is 0 Å². The maximum absolute atomic E-state index is 12.9. The molecule has 7 nitrogen and oxygen atoms in total. The number of rotatable bonds is 5. The van der Waals surface area contributed by atoms with Gasteiger partial charge in [-0.2, -0.15) is 0 Å². The Balaban J connectivity index is 1.29. The van der Waals surface area contributed by atoms with Gasteiger partial charge in [0.05, 0.1) is 17.4 Å². The number of fused-ring (bicyclic) bond motifs is 1. The summed E-state index contributed by atoms with van der Waals surface area (Å²) in [5.74, 6) is 0.144. The van der Waals surface area contributed by atoms with Crippen LogP contribution in [0.1, 0.15) is 23.2 Å². The molecule has 2 aromatic heterocycles. The Morgan fingerprint density at radius 3 is 2.59 bits per heavy atom. The predicted molar refractivity (Wildman–Crippen MR) is 110 cm³/mol. The first-order valence-electron chi connectivity index (χ1n) is 9.97. The van der Waals surface area contributed by atoms with Gasteiger partial charge in [-0.15, -0.1) is 0 Å². The highest BCUT2D eigenvalue weighted by molar-refractivity contribution is 5.94. The molecule has 0 spiro atoms. The average molecular weight is 391 g/mol. The lowest BCUT2D eigenvalue weighted by molar-refractivity contribution is -0.135. The van der Waals surface area contributed by atoms with Gasteiger partial charge in [-0.3, -0.25) is 14.6 Å². The second-order valence-corrected chi connectivity index (χ2v) is 7.49. The summed E-state index contributed by atoms with van der Waals surface area (Å²) in [5.41, 5.74) is 2.69. The fourth-order valence-corrected chi connectivity index (χ4v) is 3.87. The van der Waals surface area contributed by atoms with Gasteiger partial charge >= 0.3 is 0 Å². The minimum atomic E-state index is -0.0268. The van der Waals surface area contributed by atoms with E-state index in [1.165, 1.54) is 0 Å². The summed E-state index contributed by atoms with van der Waals surface area (Å²) in [7, 11) is 1.86. The average Bonchev–Trinajstić information content (AvgIpc) is 3.20. The molecule has 0 bridgehead atoms. The summed E-state index contributed by atoms with van der Waals surface area (Å²) in [5, 5.41) is 0. The number of likely N-dealkylation sites (tertiary alicyclic amines) is 1. The Labute approximate surface area is 170 Å². The van der Waals surface area contributed by atoms with Crippen molar-refractivity contribution in [1.29, 1.82) is 0 Å². The van der Waals surface area contributed by atoms with Crippen LogP contribution in [-0.4, -0.2) is 62.8 Å². The molecule has 3 heterocycles. The van der Waals surface area contributed by atoms with E-state index in [1.54, 1.807) is 29.4 Å². The van der Waals surface area contributed by atoms with Crippen LogP contribution in [0.25, 0.3) is 11.0 Å². The Bertz CT molecular complexity index is 993. The van der Waals surface area contributed by atoms with Crippen molar-refractivity contribution in [3.63, 3.8) is 0 Å². The number of pyridine rings is 1. The number of hydrogen-bond donors (Lipinski definition) is 0. The number of carbonyl (C=O) groups excluding carboxylic acids is 2. The molecule has 0 radical (unpaired) electrons. The lowest BCUT2D eigenvalue weighted by Crippen LogP contribution is -2.44. The minimum absolute atomic E-state index is 0.0126. The molecule has 0 unspecified atom stereocenters. The molecule has 0 saturated carbocycles. The largest absolute Gasteiger partial charge is 0.344 e. The number of piperidine rings is 1. The van der Waals surface area contributed by atoms with Gasteiger partial charge in [-0.1, -0.05) is 12.1 Å². The van der Waals surface area contributed by atoms with Crippen molar-refractivity contribution >= 4 is 22.8 Å². The Hall–Kier alpha value is -3.22. The van der Waals surface area contributed by atoms with Crippen molar-refractivity contribution in [1.82, 2.24) is 24.3 Å². The molecule has 150 valence electrons. The van der Waals surface area contributed by atoms with E-state index in [-0.39, 0.29) is 17.7 Å². The third-order valence-corrected chi connectivity index (χ3v) is 5.64. The molecule has 1 saturated heterocycles. The van der Waals surface area contributed by atoms with Crippen molar-refractivity contribution in [2.24, 2.45) is 5.92 Å². The van der Waals surface area contributed by atoms with Crippen LogP contribution in [0, 0.1) is 5.92 Å². The van der Waals surface area contributed by atoms with Crippen molar-refractivity contribution in [2.75, 3.05) is 26.7 Å². The number of para-hydroxylation sites is 2. The second kappa shape index (κ2) is 8.43. The molecule has 1 fully saturated rings. The van der Waals surface area contributed by atoms with Gasteiger partial charge < -0.3 is 14.4 Å². The van der Waals surface area contributed by atoms with Crippen LogP contribution >= 0.6 is 0 Å². The van der Waals surface area contributed by atoms with Crippen molar-refractivity contribution < 1.29 is 9.59 Å². The van der Waals surface area contributed by atoms with Crippen LogP contribution in [0.2, 0.25) is 0 Å². The standard InChI is InChI=1S/C22H25N5O2/c1-25(14-15-27-16-24-19-4-2-3-5-20(19)27)21(28)18-8-12-26(13-9-18)22(29)17-6-10-23-11-7-17/h2-7,10-11,16,18H,8-9,12-15H2,1H3. The van der Waals surface area contributed by atoms with Gasteiger partial charge in [0.25, 0.3) is 5.91 Å². The van der Waals surface area contributed by atoms with Crippen LogP contribution in [0.15, 0.2) is 55.1 Å². The van der Waals surface area contributed by atoms with Crippen molar-refractivity contribution in [3.05, 3.63) is 60.7 Å². The van der Waals surface area contributed by atoms with Gasteiger partial charge in [0.1, 0.15) is 0 Å². The van der Waals surface area contributed by atoms with Gasteiger partial charge in [-0.05, 0) is 37.1 Å². The number of carbonyl (C=O) groups is 2. The predicted octanol–water partition coefficient (Wildman–Crippen LogP) is 2.44. The maximum Gasteiger partial charge on any atom is 0.253 e. The lowest BCUT2D eigenvalue weighted by atomic mass is 9.95. The van der Waals surface area contributed by atoms with E-state index in [4.69, 9.17) is 0 Å². The van der Waals surface area contributed by atoms with E-state index in [0.717, 1.165) is 11.0 Å². The fourth-order valence-electron chi connectivity index (χ4n) is 3.87. The summed E-state index contributed by atoms with van der Waals surface area (Å²) in [6, 6.07) is 11.5. The van der Waals surface area contributed by atoms with E-state index in [9.17, 15) is 9.59 Å². The van der Waals surface area contributed by atoms with Gasteiger partial charge in [-0.25, -0.2) is 4.98 Å². The van der Waals surface area contributed by atoms with Gasteiger partial charge in [0.15, 0.2) is 0 Å². The van der Waals surface area contributed by atoms with E-state index in [1.807, 2.05) is 42.5 Å². The van der Waals surface area contributed by atoms with E-state index in [2.05, 4.69) is 14.5 Å². The number of likely N-dealkylation sites (N-methyl/N-ethyl adjacent to an activating group) is 1. The molecule has 2 amide bonds. The molecule has 1 aliphatic heterocycles. The molecule has 4 rings (SSSR count). The monoisotopic (exact) mass is 391 g/mol. The zero-order chi connectivity index (χ0) is 20.2. The zero-order valence-electron chi connectivity index (χ0n) is 16.6. The molecule has 1 aliphatic rings. The summed E-state index contributed by atoms with van der Waals surface area (Å²) in [4.78, 5) is 37.4. The highest BCUT2D eigenvalue weighted by Crippen LogP contribution is 2.21. The minimum Gasteiger partial charge on any atom is -0.344 e. The summed E-state index contributed by atoms with van der Waals surface area (Å²) in [6.45, 7) is 2.56. The molecule has 3 aromatic rings. The third kappa shape index (κ3) is 4.13. The number of aromatic nitrogens is 3. The topological polar surface area (TPSA) is 71.3 Å². The fraction of sp³-hybridized carbons (Fsp3) is 0.364. The summed E-state index contributed by atoms with van der Waals surface area (Å²) < 4.78 is 2.08. The Kier molecular flexibility index (Phi) is 5.55. The number of nitrogens with zero attached hydrogens (tertiary/aromatic N) is 5. The molecule has 29 heavy (non-hydrogen) atoms. The second-order valence-electron chi connectivity index (χ2n) is 7.49. The number of imidazole rings is 1. The Morgan fingerprint density at radius 2 is 1.83 bits per heavy atom. The van der Waals surface area contributed by atoms with Crippen LogP contribution in [-0.2, 0) is 11.3 Å². The first-order valence-corrected chi connectivity index (χ1v) is 9.97. The van der Waals surface area contributed by atoms with E-state index < -0.39 is 0 Å². The lowest BCUT2D eigenvalue weighted by Gasteiger charge is -2.33. The first kappa shape index (κ1) is 19.1. The smallest absolute Gasteiger partial charge is 0.253 e. The van der Waals surface area contributed by atoms with Crippen molar-refractivity contribution in [2.45, 2.75) is 19.4 Å². The zero-order valence-corrected chi connectivity index (χ0v) is 16.6. The third-order valence-electron chi connectivity index (χ3n) is 5.64. The van der Waals surface area contributed by atoms with Crippen molar-refractivity contribution in [3.8, 4) is 0 Å². The van der Waals surface area contributed by atoms with Crippen LogP contribution in [0.5, 0.6) is 0 Å². The summed E-state index contributed by atoms with van der Waals surface area (Å²) in [6.07, 6.45) is 6.48. The molecule has 0 atom stereocenters. The van der Waals surface area contributed by atoms with Gasteiger partial charge in [0, 0.05) is 57.1 Å². The Morgan fingerprint density at radius 1 is 1.10 bits per heavy atom. The van der Waals surface area contributed by atoms with Gasteiger partial charge in [0.2, 0.25) is 5.91 Å². The number of benzene rings is 1. The van der Waals surface area contributed by atoms with Crippen LogP contribution < -0.4 is 0 Å². The maximum atomic E-state index is 12.9. The molecular formula is C22H25N5O2. The molecule has 1 aromatic carbocycles. The summed E-state index contributed by atoms with van der Waals surface area (Å²) >= 11 is 0. The normalized spacial score (nSPS) is 14.9.